The Morgan fingerprint density at radius 2 is 1.06 bits per heavy atom. The SMILES string of the molecule is CC.CC.CC1(C)c2cc3ccccc3cc2-c2c1ccc1ccc3ccccc3c21.CCC. The first-order valence-electron chi connectivity index (χ1n) is 13.0. The van der Waals surface area contributed by atoms with E-state index in [-0.39, 0.29) is 5.41 Å². The zero-order valence-corrected chi connectivity index (χ0v) is 22.3. The molecule has 0 nitrogen and oxygen atoms in total. The molecule has 6 rings (SSSR count). The smallest absolute Gasteiger partial charge is 0.0159 e. The largest absolute Gasteiger partial charge is 0.0683 e. The van der Waals surface area contributed by atoms with Gasteiger partial charge >= 0.3 is 0 Å². The number of hydrogen-bond donors (Lipinski definition) is 0. The van der Waals surface area contributed by atoms with Gasteiger partial charge in [-0.2, -0.15) is 0 Å². The highest BCUT2D eigenvalue weighted by molar-refractivity contribution is 6.17. The van der Waals surface area contributed by atoms with E-state index in [1.807, 2.05) is 27.7 Å². The van der Waals surface area contributed by atoms with Crippen LogP contribution in [0.2, 0.25) is 0 Å². The van der Waals surface area contributed by atoms with Crippen LogP contribution in [0.4, 0.5) is 0 Å². The summed E-state index contributed by atoms with van der Waals surface area (Å²) in [6.45, 7) is 17.0. The van der Waals surface area contributed by atoms with E-state index in [1.165, 1.54) is 61.0 Å². The second kappa shape index (κ2) is 10.9. The molecule has 34 heavy (non-hydrogen) atoms. The van der Waals surface area contributed by atoms with Crippen molar-refractivity contribution in [3.8, 4) is 11.1 Å². The molecule has 0 unspecified atom stereocenters. The Morgan fingerprint density at radius 3 is 1.71 bits per heavy atom. The quantitative estimate of drug-likeness (QED) is 0.207. The van der Waals surface area contributed by atoms with E-state index in [2.05, 4.69) is 113 Å². The summed E-state index contributed by atoms with van der Waals surface area (Å²) in [6.07, 6.45) is 1.25. The molecule has 0 aliphatic heterocycles. The summed E-state index contributed by atoms with van der Waals surface area (Å²) < 4.78 is 0. The Balaban J connectivity index is 0.000000423. The first-order valence-corrected chi connectivity index (χ1v) is 13.0. The normalized spacial score (nSPS) is 12.5. The zero-order chi connectivity index (χ0) is 24.9. The monoisotopic (exact) mass is 448 g/mol. The predicted molar refractivity (Wildman–Crippen MR) is 155 cm³/mol. The number of hydrogen-bond acceptors (Lipinski definition) is 0. The van der Waals surface area contributed by atoms with Crippen LogP contribution in [0, 0.1) is 0 Å². The fourth-order valence-electron chi connectivity index (χ4n) is 5.01. The van der Waals surface area contributed by atoms with Crippen molar-refractivity contribution in [1.82, 2.24) is 0 Å². The molecular formula is C34H40. The third kappa shape index (κ3) is 4.23. The van der Waals surface area contributed by atoms with Crippen molar-refractivity contribution in [2.45, 2.75) is 67.2 Å². The molecule has 0 saturated carbocycles. The maximum atomic E-state index is 2.40. The maximum absolute atomic E-state index is 2.40. The van der Waals surface area contributed by atoms with Gasteiger partial charge in [-0.05, 0) is 66.7 Å². The van der Waals surface area contributed by atoms with Gasteiger partial charge in [0.05, 0.1) is 0 Å². The second-order valence-corrected chi connectivity index (χ2v) is 8.95. The molecule has 0 aromatic heterocycles. The van der Waals surface area contributed by atoms with Crippen molar-refractivity contribution in [2.75, 3.05) is 0 Å². The van der Waals surface area contributed by atoms with Gasteiger partial charge in [0, 0.05) is 5.41 Å². The predicted octanol–water partition coefficient (Wildman–Crippen LogP) is 10.9. The Hall–Kier alpha value is -3.12. The summed E-state index contributed by atoms with van der Waals surface area (Å²) in [5.74, 6) is 0. The number of benzene rings is 5. The Morgan fingerprint density at radius 1 is 0.559 bits per heavy atom. The molecule has 1 aliphatic rings. The van der Waals surface area contributed by atoms with Crippen LogP contribution in [0.15, 0.2) is 84.9 Å². The van der Waals surface area contributed by atoms with Crippen LogP contribution < -0.4 is 0 Å². The Kier molecular flexibility index (Phi) is 8.15. The summed E-state index contributed by atoms with van der Waals surface area (Å²) in [6, 6.07) is 31.4. The first kappa shape index (κ1) is 25.5. The second-order valence-electron chi connectivity index (χ2n) is 8.95. The van der Waals surface area contributed by atoms with E-state index < -0.39 is 0 Å². The van der Waals surface area contributed by atoms with E-state index >= 15 is 0 Å². The van der Waals surface area contributed by atoms with Crippen LogP contribution in [0.1, 0.15) is 72.9 Å². The van der Waals surface area contributed by atoms with Crippen LogP contribution in [-0.4, -0.2) is 0 Å². The minimum Gasteiger partial charge on any atom is -0.0683 e. The van der Waals surface area contributed by atoms with Crippen LogP contribution in [0.25, 0.3) is 43.4 Å². The van der Waals surface area contributed by atoms with Crippen LogP contribution in [0.5, 0.6) is 0 Å². The topological polar surface area (TPSA) is 0 Å². The fourth-order valence-corrected chi connectivity index (χ4v) is 5.01. The summed E-state index contributed by atoms with van der Waals surface area (Å²) in [4.78, 5) is 0. The van der Waals surface area contributed by atoms with Crippen LogP contribution >= 0.6 is 0 Å². The van der Waals surface area contributed by atoms with Gasteiger partial charge in [-0.15, -0.1) is 0 Å². The van der Waals surface area contributed by atoms with Gasteiger partial charge in [0.1, 0.15) is 0 Å². The third-order valence-electron chi connectivity index (χ3n) is 6.41. The van der Waals surface area contributed by atoms with E-state index in [9.17, 15) is 0 Å². The van der Waals surface area contributed by atoms with Crippen LogP contribution in [0.3, 0.4) is 0 Å². The van der Waals surface area contributed by atoms with Gasteiger partial charge in [0.25, 0.3) is 0 Å². The first-order chi connectivity index (χ1) is 16.6. The van der Waals surface area contributed by atoms with Gasteiger partial charge in [-0.25, -0.2) is 0 Å². The lowest BCUT2D eigenvalue weighted by Crippen LogP contribution is -2.14. The van der Waals surface area contributed by atoms with Gasteiger partial charge < -0.3 is 0 Å². The lowest BCUT2D eigenvalue weighted by Gasteiger charge is -2.22. The molecule has 0 heterocycles. The lowest BCUT2D eigenvalue weighted by molar-refractivity contribution is 0.661. The maximum Gasteiger partial charge on any atom is 0.0159 e. The highest BCUT2D eigenvalue weighted by atomic mass is 14.4. The van der Waals surface area contributed by atoms with Crippen LogP contribution in [-0.2, 0) is 5.41 Å². The minimum absolute atomic E-state index is 0.0137. The molecule has 0 heteroatoms. The van der Waals surface area contributed by atoms with Gasteiger partial charge in [-0.3, -0.25) is 0 Å². The number of rotatable bonds is 0. The molecule has 0 saturated heterocycles. The molecule has 5 aromatic rings. The van der Waals surface area contributed by atoms with Crippen molar-refractivity contribution in [1.29, 1.82) is 0 Å². The summed E-state index contributed by atoms with van der Waals surface area (Å²) in [5.41, 5.74) is 5.72. The minimum atomic E-state index is 0.0137. The molecule has 0 N–H and O–H groups in total. The zero-order valence-electron chi connectivity index (χ0n) is 22.3. The summed E-state index contributed by atoms with van der Waals surface area (Å²) in [5, 5.41) is 8.02. The Bertz CT molecular complexity index is 1400. The number of fused-ring (bicyclic) bond motifs is 8. The molecule has 176 valence electrons. The molecule has 0 radical (unpaired) electrons. The highest BCUT2D eigenvalue weighted by Gasteiger charge is 2.36. The van der Waals surface area contributed by atoms with E-state index in [4.69, 9.17) is 0 Å². The third-order valence-corrected chi connectivity index (χ3v) is 6.41. The van der Waals surface area contributed by atoms with E-state index in [0.717, 1.165) is 0 Å². The lowest BCUT2D eigenvalue weighted by atomic mass is 9.81. The van der Waals surface area contributed by atoms with Crippen molar-refractivity contribution in [2.24, 2.45) is 0 Å². The standard InChI is InChI=1S/C27H20.C3H8.2C2H6/c1-27(2)23-14-13-18-12-11-17-7-5-6-10-21(17)25(18)26(23)22-15-19-8-3-4-9-20(19)16-24(22)27;1-3-2;2*1-2/h3-16H,1-2H3;3H2,1-2H3;2*1-2H3. The average molecular weight is 449 g/mol. The molecular weight excluding hydrogens is 408 g/mol. The van der Waals surface area contributed by atoms with Gasteiger partial charge in [0.2, 0.25) is 0 Å². The fraction of sp³-hybridized carbons (Fsp3) is 0.294. The molecule has 1 aliphatic carbocycles. The van der Waals surface area contributed by atoms with E-state index in [0.29, 0.717) is 0 Å². The Labute approximate surface area is 206 Å². The molecule has 0 amide bonds. The molecule has 0 fully saturated rings. The van der Waals surface area contributed by atoms with Crippen molar-refractivity contribution in [3.63, 3.8) is 0 Å². The van der Waals surface area contributed by atoms with Crippen molar-refractivity contribution < 1.29 is 0 Å². The van der Waals surface area contributed by atoms with Gasteiger partial charge in [-0.1, -0.05) is 135 Å². The molecule has 0 spiro atoms. The molecule has 5 aromatic carbocycles. The molecule has 0 bridgehead atoms. The molecule has 0 atom stereocenters. The van der Waals surface area contributed by atoms with Crippen molar-refractivity contribution in [3.05, 3.63) is 96.1 Å². The highest BCUT2D eigenvalue weighted by Crippen LogP contribution is 2.53. The van der Waals surface area contributed by atoms with Gasteiger partial charge in [0.15, 0.2) is 0 Å². The summed E-state index contributed by atoms with van der Waals surface area (Å²) >= 11 is 0. The van der Waals surface area contributed by atoms with E-state index in [1.54, 1.807) is 0 Å². The summed E-state index contributed by atoms with van der Waals surface area (Å²) in [7, 11) is 0. The van der Waals surface area contributed by atoms with Crippen molar-refractivity contribution >= 4 is 32.3 Å². The average Bonchev–Trinajstić information content (AvgIpc) is 3.11.